The predicted molar refractivity (Wildman–Crippen MR) is 156 cm³/mol. The monoisotopic (exact) mass is 572 g/mol. The van der Waals surface area contributed by atoms with E-state index in [0.29, 0.717) is 31.6 Å². The van der Waals surface area contributed by atoms with Gasteiger partial charge in [-0.15, -0.1) is 0 Å². The van der Waals surface area contributed by atoms with Gasteiger partial charge in [0.1, 0.15) is 6.10 Å². The van der Waals surface area contributed by atoms with Crippen LogP contribution in [0.4, 0.5) is 0 Å². The SMILES string of the molecule is COC(=O)/C=C1\C[C@H]2CC(=O)O[C@@H](/C=C/C=C\CCCC(=O)OC)[C@@H](C)/C=C/[C@H](C)C[C@H]3CCC[C@@H](C[C@@H](C1)O2)O3. The van der Waals surface area contributed by atoms with Crippen LogP contribution in [0, 0.1) is 11.8 Å². The van der Waals surface area contributed by atoms with E-state index in [0.717, 1.165) is 44.1 Å². The zero-order chi connectivity index (χ0) is 29.6. The minimum Gasteiger partial charge on any atom is -0.469 e. The summed E-state index contributed by atoms with van der Waals surface area (Å²) in [5.41, 5.74) is 0.929. The largest absolute Gasteiger partial charge is 0.469 e. The molecule has 3 aliphatic heterocycles. The average molecular weight is 573 g/mol. The van der Waals surface area contributed by atoms with Crippen molar-refractivity contribution in [3.63, 3.8) is 0 Å². The van der Waals surface area contributed by atoms with Gasteiger partial charge in [-0.2, -0.15) is 0 Å². The van der Waals surface area contributed by atoms with Crippen LogP contribution in [-0.4, -0.2) is 62.6 Å². The van der Waals surface area contributed by atoms with Crippen LogP contribution >= 0.6 is 0 Å². The van der Waals surface area contributed by atoms with Crippen molar-refractivity contribution in [2.24, 2.45) is 11.8 Å². The maximum atomic E-state index is 13.2. The van der Waals surface area contributed by atoms with Crippen LogP contribution in [0.25, 0.3) is 0 Å². The minimum absolute atomic E-state index is 0.0342. The second-order valence-electron chi connectivity index (χ2n) is 11.6. The van der Waals surface area contributed by atoms with Gasteiger partial charge in [0.15, 0.2) is 0 Å². The van der Waals surface area contributed by atoms with Gasteiger partial charge in [-0.1, -0.05) is 49.8 Å². The van der Waals surface area contributed by atoms with Gasteiger partial charge in [-0.3, -0.25) is 9.59 Å². The number of esters is 3. The molecule has 0 aromatic rings. The van der Waals surface area contributed by atoms with E-state index in [1.54, 1.807) is 0 Å². The lowest BCUT2D eigenvalue weighted by Gasteiger charge is -2.37. The molecule has 41 heavy (non-hydrogen) atoms. The molecule has 8 nitrogen and oxygen atoms in total. The molecule has 3 heterocycles. The fraction of sp³-hybridized carbons (Fsp3) is 0.667. The highest BCUT2D eigenvalue weighted by atomic mass is 16.6. The molecule has 0 aromatic heterocycles. The van der Waals surface area contributed by atoms with E-state index in [1.165, 1.54) is 20.3 Å². The summed E-state index contributed by atoms with van der Waals surface area (Å²) < 4.78 is 28.4. The summed E-state index contributed by atoms with van der Waals surface area (Å²) in [6.07, 6.45) is 20.8. The Bertz CT molecular complexity index is 980. The van der Waals surface area contributed by atoms with Gasteiger partial charge < -0.3 is 23.7 Å². The average Bonchev–Trinajstić information content (AvgIpc) is 2.94. The summed E-state index contributed by atoms with van der Waals surface area (Å²) in [6.45, 7) is 4.25. The Labute approximate surface area is 245 Å². The van der Waals surface area contributed by atoms with Crippen molar-refractivity contribution in [1.82, 2.24) is 0 Å². The first kappa shape index (κ1) is 32.8. The zero-order valence-corrected chi connectivity index (χ0v) is 25.1. The van der Waals surface area contributed by atoms with Crippen LogP contribution in [0.5, 0.6) is 0 Å². The number of hydrogen-bond acceptors (Lipinski definition) is 8. The van der Waals surface area contributed by atoms with E-state index in [9.17, 15) is 14.4 Å². The first-order valence-electron chi connectivity index (χ1n) is 15.1. The summed E-state index contributed by atoms with van der Waals surface area (Å²) in [5, 5.41) is 0. The van der Waals surface area contributed by atoms with Crippen LogP contribution < -0.4 is 0 Å². The van der Waals surface area contributed by atoms with Crippen molar-refractivity contribution in [3.05, 3.63) is 48.1 Å². The Morgan fingerprint density at radius 1 is 0.927 bits per heavy atom. The molecule has 4 bridgehead atoms. The number of carbonyl (C=O) groups is 3. The first-order chi connectivity index (χ1) is 19.7. The van der Waals surface area contributed by atoms with Crippen molar-refractivity contribution < 1.29 is 38.1 Å². The fourth-order valence-electron chi connectivity index (χ4n) is 5.75. The third kappa shape index (κ3) is 12.0. The smallest absolute Gasteiger partial charge is 0.330 e. The summed E-state index contributed by atoms with van der Waals surface area (Å²) in [7, 11) is 2.76. The Hall–Kier alpha value is -2.71. The molecule has 3 rings (SSSR count). The molecule has 2 saturated heterocycles. The number of rotatable bonds is 7. The number of ether oxygens (including phenoxy) is 5. The van der Waals surface area contributed by atoms with Crippen molar-refractivity contribution in [1.29, 1.82) is 0 Å². The number of unbranched alkanes of at least 4 members (excludes halogenated alkanes) is 1. The van der Waals surface area contributed by atoms with Gasteiger partial charge in [0.25, 0.3) is 0 Å². The molecule has 0 radical (unpaired) electrons. The third-order valence-corrected chi connectivity index (χ3v) is 7.94. The highest BCUT2D eigenvalue weighted by Gasteiger charge is 2.33. The van der Waals surface area contributed by atoms with Gasteiger partial charge in [-0.05, 0) is 63.4 Å². The maximum absolute atomic E-state index is 13.2. The Balaban J connectivity index is 1.75. The third-order valence-electron chi connectivity index (χ3n) is 7.94. The molecular formula is C33H48O8. The lowest BCUT2D eigenvalue weighted by Crippen LogP contribution is -2.37. The number of methoxy groups -OCH3 is 2. The topological polar surface area (TPSA) is 97.4 Å². The Morgan fingerprint density at radius 2 is 1.66 bits per heavy atom. The normalized spacial score (nSPS) is 33.4. The maximum Gasteiger partial charge on any atom is 0.330 e. The van der Waals surface area contributed by atoms with Crippen LogP contribution in [0.15, 0.2) is 48.1 Å². The van der Waals surface area contributed by atoms with Crippen molar-refractivity contribution in [2.75, 3.05) is 14.2 Å². The quantitative estimate of drug-likeness (QED) is 0.0922. The van der Waals surface area contributed by atoms with Gasteiger partial charge in [-0.25, -0.2) is 4.79 Å². The molecule has 0 N–H and O–H groups in total. The van der Waals surface area contributed by atoms with Crippen LogP contribution in [0.2, 0.25) is 0 Å². The lowest BCUT2D eigenvalue weighted by atomic mass is 9.89. The molecule has 0 aromatic carbocycles. The molecule has 228 valence electrons. The molecule has 0 spiro atoms. The minimum atomic E-state index is -0.446. The number of fused-ring (bicyclic) bond motifs is 4. The van der Waals surface area contributed by atoms with E-state index in [2.05, 4.69) is 23.8 Å². The molecule has 0 amide bonds. The molecule has 0 unspecified atom stereocenters. The van der Waals surface area contributed by atoms with Crippen LogP contribution in [-0.2, 0) is 38.1 Å². The van der Waals surface area contributed by atoms with Crippen molar-refractivity contribution in [2.45, 2.75) is 115 Å². The molecular weight excluding hydrogens is 524 g/mol. The van der Waals surface area contributed by atoms with Crippen molar-refractivity contribution in [3.8, 4) is 0 Å². The Morgan fingerprint density at radius 3 is 2.41 bits per heavy atom. The first-order valence-corrected chi connectivity index (χ1v) is 15.1. The molecule has 0 aliphatic carbocycles. The van der Waals surface area contributed by atoms with E-state index < -0.39 is 12.1 Å². The van der Waals surface area contributed by atoms with E-state index in [-0.39, 0.29) is 48.7 Å². The van der Waals surface area contributed by atoms with E-state index >= 15 is 0 Å². The van der Waals surface area contributed by atoms with Gasteiger partial charge in [0, 0.05) is 24.8 Å². The highest BCUT2D eigenvalue weighted by Crippen LogP contribution is 2.33. The summed E-state index contributed by atoms with van der Waals surface area (Å²) in [6, 6.07) is 0. The van der Waals surface area contributed by atoms with Crippen LogP contribution in [0.3, 0.4) is 0 Å². The zero-order valence-electron chi connectivity index (χ0n) is 25.1. The second kappa shape index (κ2) is 17.3. The highest BCUT2D eigenvalue weighted by molar-refractivity contribution is 5.82. The van der Waals surface area contributed by atoms with Gasteiger partial charge >= 0.3 is 17.9 Å². The lowest BCUT2D eigenvalue weighted by molar-refractivity contribution is -0.154. The molecule has 8 heteroatoms. The van der Waals surface area contributed by atoms with E-state index in [4.69, 9.17) is 18.9 Å². The second-order valence-corrected chi connectivity index (χ2v) is 11.6. The standard InChI is InChI=1S/C33H48O8/c1-23-15-16-24(2)30(13-8-6-5-7-9-14-31(34)37-3)41-33(36)22-29-19-25(20-32(35)38-4)18-28(40-29)21-27-12-10-11-26(17-23)39-27/h5-6,8,13,15-16,20,23-24,26-30H,7,9-12,14,17-19,21-22H2,1-4H3/b6-5-,13-8+,16-15+,25-20-/t23-,24-,26+,27-,28+,29-,30-/m0/s1. The predicted octanol–water partition coefficient (Wildman–Crippen LogP) is 5.95. The number of carbonyl (C=O) groups excluding carboxylic acids is 3. The number of cyclic esters (lactones) is 1. The van der Waals surface area contributed by atoms with Crippen LogP contribution in [0.1, 0.15) is 84.5 Å². The van der Waals surface area contributed by atoms with Gasteiger partial charge in [0.2, 0.25) is 0 Å². The Kier molecular flexibility index (Phi) is 13.8. The van der Waals surface area contributed by atoms with Gasteiger partial charge in [0.05, 0.1) is 45.1 Å². The summed E-state index contributed by atoms with van der Waals surface area (Å²) >= 11 is 0. The molecule has 2 fully saturated rings. The number of allylic oxidation sites excluding steroid dienone is 4. The molecule has 3 aliphatic rings. The summed E-state index contributed by atoms with van der Waals surface area (Å²) in [4.78, 5) is 36.4. The number of hydrogen-bond donors (Lipinski definition) is 0. The summed E-state index contributed by atoms with van der Waals surface area (Å²) in [5.74, 6) is -0.643. The fourth-order valence-corrected chi connectivity index (χ4v) is 5.75. The van der Waals surface area contributed by atoms with Crippen molar-refractivity contribution >= 4 is 17.9 Å². The van der Waals surface area contributed by atoms with E-state index in [1.807, 2.05) is 31.2 Å². The molecule has 7 atom stereocenters. The molecule has 0 saturated carbocycles.